The van der Waals surface area contributed by atoms with Gasteiger partial charge in [0.1, 0.15) is 0 Å². The summed E-state index contributed by atoms with van der Waals surface area (Å²) in [4.78, 5) is 19.4. The van der Waals surface area contributed by atoms with Crippen LogP contribution in [0, 0.1) is 0 Å². The van der Waals surface area contributed by atoms with Crippen molar-refractivity contribution in [2.24, 2.45) is 0 Å². The molecule has 0 unspecified atom stereocenters. The lowest BCUT2D eigenvalue weighted by atomic mass is 10.1. The first-order chi connectivity index (χ1) is 10.2. The molecule has 1 N–H and O–H groups in total. The van der Waals surface area contributed by atoms with Crippen molar-refractivity contribution in [1.29, 1.82) is 0 Å². The smallest absolute Gasteiger partial charge is 0.255 e. The number of anilines is 1. The number of halogens is 1. The molecule has 0 fully saturated rings. The van der Waals surface area contributed by atoms with Gasteiger partial charge in [0.25, 0.3) is 5.91 Å². The molecule has 0 aliphatic rings. The maximum atomic E-state index is 12.5. The molecule has 0 aliphatic carbocycles. The van der Waals surface area contributed by atoms with Gasteiger partial charge in [-0.3, -0.25) is 4.79 Å². The van der Waals surface area contributed by atoms with Crippen LogP contribution < -0.4 is 5.32 Å². The van der Waals surface area contributed by atoms with Gasteiger partial charge in [0, 0.05) is 29.9 Å². The van der Waals surface area contributed by atoms with Gasteiger partial charge >= 0.3 is 0 Å². The molecule has 1 aromatic heterocycles. The molecule has 0 saturated heterocycles. The van der Waals surface area contributed by atoms with E-state index in [4.69, 9.17) is 11.6 Å². The molecule has 0 radical (unpaired) electrons. The number of hydrogen-bond acceptors (Lipinski definition) is 4. The number of rotatable bonds is 6. The monoisotopic (exact) mass is 323 g/mol. The van der Waals surface area contributed by atoms with Gasteiger partial charge in [-0.2, -0.15) is 0 Å². The number of para-hydroxylation sites is 1. The molecule has 1 aromatic carbocycles. The lowest BCUT2D eigenvalue weighted by Gasteiger charge is -2.20. The van der Waals surface area contributed by atoms with Crippen molar-refractivity contribution in [2.45, 2.75) is 20.4 Å². The Hall–Kier alpha value is -1.59. The fourth-order valence-electron chi connectivity index (χ4n) is 2.05. The minimum atomic E-state index is 0.0467. The summed E-state index contributed by atoms with van der Waals surface area (Å²) in [6, 6.07) is 7.56. The molecule has 21 heavy (non-hydrogen) atoms. The number of benzene rings is 1. The van der Waals surface area contributed by atoms with Crippen LogP contribution in [0.25, 0.3) is 0 Å². The number of nitrogens with zero attached hydrogens (tertiary/aromatic N) is 2. The Kier molecular flexibility index (Phi) is 5.59. The molecule has 2 aromatic rings. The van der Waals surface area contributed by atoms with Gasteiger partial charge in [0.05, 0.1) is 12.1 Å². The van der Waals surface area contributed by atoms with E-state index in [0.29, 0.717) is 29.7 Å². The van der Waals surface area contributed by atoms with Gasteiger partial charge in [0.2, 0.25) is 0 Å². The number of aromatic nitrogens is 1. The summed E-state index contributed by atoms with van der Waals surface area (Å²) in [5, 5.41) is 3.29. The second-order valence-corrected chi connectivity index (χ2v) is 6.15. The van der Waals surface area contributed by atoms with Crippen LogP contribution in [-0.2, 0) is 6.54 Å². The number of hydrogen-bond donors (Lipinski definition) is 1. The first kappa shape index (κ1) is 15.8. The molecule has 1 amide bonds. The number of amides is 1. The highest BCUT2D eigenvalue weighted by Crippen LogP contribution is 2.21. The first-order valence-electron chi connectivity index (χ1n) is 6.88. The van der Waals surface area contributed by atoms with E-state index in [1.165, 1.54) is 11.3 Å². The zero-order chi connectivity index (χ0) is 15.2. The Labute approximate surface area is 133 Å². The Morgan fingerprint density at radius 3 is 2.67 bits per heavy atom. The predicted octanol–water partition coefficient (Wildman–Crippen LogP) is 3.89. The second kappa shape index (κ2) is 7.43. The molecule has 4 nitrogen and oxygen atoms in total. The highest BCUT2D eigenvalue weighted by molar-refractivity contribution is 7.15. The fourth-order valence-corrected chi connectivity index (χ4v) is 2.97. The Bertz CT molecular complexity index is 610. The van der Waals surface area contributed by atoms with E-state index in [-0.39, 0.29) is 5.91 Å². The normalized spacial score (nSPS) is 10.4. The van der Waals surface area contributed by atoms with Gasteiger partial charge in [-0.1, -0.05) is 23.7 Å². The van der Waals surface area contributed by atoms with E-state index in [9.17, 15) is 4.79 Å². The minimum Gasteiger partial charge on any atom is -0.379 e. The quantitative estimate of drug-likeness (QED) is 0.877. The summed E-state index contributed by atoms with van der Waals surface area (Å²) >= 11 is 7.25. The predicted molar refractivity (Wildman–Crippen MR) is 88.1 cm³/mol. The van der Waals surface area contributed by atoms with Crippen molar-refractivity contribution < 1.29 is 4.79 Å². The van der Waals surface area contributed by atoms with Gasteiger partial charge in [0.15, 0.2) is 4.47 Å². The van der Waals surface area contributed by atoms with Crippen molar-refractivity contribution in [2.75, 3.05) is 18.4 Å². The molecule has 0 saturated carbocycles. The number of nitrogens with one attached hydrogen (secondary N) is 1. The van der Waals surface area contributed by atoms with Gasteiger partial charge in [-0.05, 0) is 26.0 Å². The molecule has 0 aliphatic heterocycles. The van der Waals surface area contributed by atoms with E-state index in [1.807, 2.05) is 43.0 Å². The third-order valence-electron chi connectivity index (χ3n) is 3.19. The summed E-state index contributed by atoms with van der Waals surface area (Å²) in [5.74, 6) is 0.0467. The van der Waals surface area contributed by atoms with Crippen LogP contribution in [-0.4, -0.2) is 28.9 Å². The first-order valence-corrected chi connectivity index (χ1v) is 8.07. The van der Waals surface area contributed by atoms with E-state index in [2.05, 4.69) is 10.3 Å². The summed E-state index contributed by atoms with van der Waals surface area (Å²) in [5.41, 5.74) is 1.52. The Morgan fingerprint density at radius 2 is 2.05 bits per heavy atom. The topological polar surface area (TPSA) is 45.2 Å². The standard InChI is InChI=1S/C15H18ClN3OS/c1-3-19(4-2)14(20)12-7-5-6-8-13(12)17-9-11-10-18-15(16)21-11/h5-8,10,17H,3-4,9H2,1-2H3. The van der Waals surface area contributed by atoms with E-state index in [1.54, 1.807) is 6.20 Å². The molecule has 0 atom stereocenters. The Balaban J connectivity index is 2.14. The number of carbonyl (C=O) groups is 1. The molecule has 1 heterocycles. The third-order valence-corrected chi connectivity index (χ3v) is 4.30. The van der Waals surface area contributed by atoms with Crippen LogP contribution in [0.5, 0.6) is 0 Å². The van der Waals surface area contributed by atoms with E-state index < -0.39 is 0 Å². The van der Waals surface area contributed by atoms with Gasteiger partial charge < -0.3 is 10.2 Å². The molecule has 0 bridgehead atoms. The SMILES string of the molecule is CCN(CC)C(=O)c1ccccc1NCc1cnc(Cl)s1. The van der Waals surface area contributed by atoms with Crippen LogP contribution in [0.1, 0.15) is 29.1 Å². The maximum Gasteiger partial charge on any atom is 0.255 e. The molecular formula is C15H18ClN3OS. The lowest BCUT2D eigenvalue weighted by molar-refractivity contribution is 0.0774. The average Bonchev–Trinajstić information content (AvgIpc) is 2.92. The minimum absolute atomic E-state index is 0.0467. The van der Waals surface area contributed by atoms with Crippen LogP contribution in [0.2, 0.25) is 4.47 Å². The van der Waals surface area contributed by atoms with Crippen molar-refractivity contribution >= 4 is 34.5 Å². The van der Waals surface area contributed by atoms with Crippen molar-refractivity contribution in [3.8, 4) is 0 Å². The van der Waals surface area contributed by atoms with Gasteiger partial charge in [-0.15, -0.1) is 11.3 Å². The zero-order valence-corrected chi connectivity index (χ0v) is 13.7. The summed E-state index contributed by atoms with van der Waals surface area (Å²) < 4.78 is 0.527. The van der Waals surface area contributed by atoms with Crippen LogP contribution in [0.4, 0.5) is 5.69 Å². The largest absolute Gasteiger partial charge is 0.379 e. The van der Waals surface area contributed by atoms with E-state index >= 15 is 0 Å². The Morgan fingerprint density at radius 1 is 1.33 bits per heavy atom. The molecule has 2 rings (SSSR count). The van der Waals surface area contributed by atoms with Crippen molar-refractivity contribution in [3.63, 3.8) is 0 Å². The second-order valence-electron chi connectivity index (χ2n) is 4.46. The lowest BCUT2D eigenvalue weighted by Crippen LogP contribution is -2.31. The van der Waals surface area contributed by atoms with Crippen molar-refractivity contribution in [3.05, 3.63) is 45.4 Å². The van der Waals surface area contributed by atoms with E-state index in [0.717, 1.165) is 10.6 Å². The van der Waals surface area contributed by atoms with Crippen LogP contribution in [0.3, 0.4) is 0 Å². The third kappa shape index (κ3) is 3.95. The molecule has 6 heteroatoms. The molecule has 112 valence electrons. The molecular weight excluding hydrogens is 306 g/mol. The summed E-state index contributed by atoms with van der Waals surface area (Å²) in [6.07, 6.45) is 1.74. The summed E-state index contributed by atoms with van der Waals surface area (Å²) in [6.45, 7) is 5.97. The zero-order valence-electron chi connectivity index (χ0n) is 12.1. The van der Waals surface area contributed by atoms with Crippen LogP contribution >= 0.6 is 22.9 Å². The highest BCUT2D eigenvalue weighted by atomic mass is 35.5. The van der Waals surface area contributed by atoms with Crippen LogP contribution in [0.15, 0.2) is 30.5 Å². The average molecular weight is 324 g/mol. The van der Waals surface area contributed by atoms with Gasteiger partial charge in [-0.25, -0.2) is 4.98 Å². The highest BCUT2D eigenvalue weighted by Gasteiger charge is 2.16. The summed E-state index contributed by atoms with van der Waals surface area (Å²) in [7, 11) is 0. The fraction of sp³-hybridized carbons (Fsp3) is 0.333. The molecule has 0 spiro atoms. The number of carbonyl (C=O) groups excluding carboxylic acids is 1. The number of thiazole rings is 1. The maximum absolute atomic E-state index is 12.5. The van der Waals surface area contributed by atoms with Crippen molar-refractivity contribution in [1.82, 2.24) is 9.88 Å².